The molecule has 0 aliphatic carbocycles. The number of benzene rings is 2. The van der Waals surface area contributed by atoms with E-state index in [-0.39, 0.29) is 5.16 Å². The van der Waals surface area contributed by atoms with Crippen molar-refractivity contribution in [3.05, 3.63) is 59.7 Å². The van der Waals surface area contributed by atoms with E-state index in [4.69, 9.17) is 0 Å². The van der Waals surface area contributed by atoms with Crippen molar-refractivity contribution in [1.82, 2.24) is 9.55 Å². The molecule has 6 heteroatoms. The summed E-state index contributed by atoms with van der Waals surface area (Å²) in [5.41, 5.74) is 3.43. The Labute approximate surface area is 141 Å². The van der Waals surface area contributed by atoms with E-state index in [2.05, 4.69) is 31.0 Å². The molecule has 2 aromatic carbocycles. The van der Waals surface area contributed by atoms with Crippen molar-refractivity contribution >= 4 is 21.2 Å². The monoisotopic (exact) mass is 344 g/mol. The Balaban J connectivity index is 2.03. The van der Waals surface area contributed by atoms with Crippen molar-refractivity contribution in [3.63, 3.8) is 0 Å². The van der Waals surface area contributed by atoms with Gasteiger partial charge in [0.2, 0.25) is 0 Å². The Kier molecular flexibility index (Phi) is 4.43. The van der Waals surface area contributed by atoms with Crippen molar-refractivity contribution in [2.45, 2.75) is 37.9 Å². The molecule has 24 heavy (non-hydrogen) atoms. The van der Waals surface area contributed by atoms with Crippen molar-refractivity contribution in [3.8, 4) is 0 Å². The van der Waals surface area contributed by atoms with E-state index in [1.54, 1.807) is 18.2 Å². The summed E-state index contributed by atoms with van der Waals surface area (Å²) in [6.07, 6.45) is 1.07. The molecule has 0 radical (unpaired) electrons. The molecule has 126 valence electrons. The number of hydrogen-bond donors (Lipinski definition) is 1. The lowest BCUT2D eigenvalue weighted by molar-refractivity contribution is 0.467. The Morgan fingerprint density at radius 3 is 2.42 bits per heavy atom. The van der Waals surface area contributed by atoms with Gasteiger partial charge in [0.05, 0.1) is 17.6 Å². The SMILES string of the molecule is CC[C@H](C)c1ccc(Cn2c(S(=O)(=O)O)nc3ccccc32)cc1. The molecule has 0 fully saturated rings. The molecule has 0 bridgehead atoms. The second-order valence-corrected chi connectivity index (χ2v) is 7.31. The van der Waals surface area contributed by atoms with E-state index in [0.29, 0.717) is 23.5 Å². The van der Waals surface area contributed by atoms with Crippen molar-refractivity contribution in [2.24, 2.45) is 0 Å². The van der Waals surface area contributed by atoms with Gasteiger partial charge in [-0.2, -0.15) is 8.42 Å². The first-order chi connectivity index (χ1) is 11.4. The van der Waals surface area contributed by atoms with Crippen LogP contribution in [0.3, 0.4) is 0 Å². The van der Waals surface area contributed by atoms with Gasteiger partial charge in [0.15, 0.2) is 0 Å². The zero-order valence-corrected chi connectivity index (χ0v) is 14.5. The highest BCUT2D eigenvalue weighted by Gasteiger charge is 2.21. The highest BCUT2D eigenvalue weighted by atomic mass is 32.2. The standard InChI is InChI=1S/C18H20N2O3S/c1-3-13(2)15-10-8-14(9-11-15)12-20-17-7-5-4-6-16(17)19-18(20)24(21,22)23/h4-11,13H,3,12H2,1-2H3,(H,21,22,23)/t13-/m0/s1. The van der Waals surface area contributed by atoms with E-state index < -0.39 is 10.1 Å². The van der Waals surface area contributed by atoms with Gasteiger partial charge in [0.1, 0.15) is 0 Å². The van der Waals surface area contributed by atoms with Gasteiger partial charge in [-0.15, -0.1) is 0 Å². The van der Waals surface area contributed by atoms with Gasteiger partial charge in [-0.05, 0) is 35.6 Å². The van der Waals surface area contributed by atoms with Crippen LogP contribution < -0.4 is 0 Å². The third kappa shape index (κ3) is 3.20. The van der Waals surface area contributed by atoms with Crippen LogP contribution in [0.1, 0.15) is 37.3 Å². The van der Waals surface area contributed by atoms with Gasteiger partial charge in [0, 0.05) is 0 Å². The molecule has 1 N–H and O–H groups in total. The van der Waals surface area contributed by atoms with E-state index in [0.717, 1.165) is 12.0 Å². The predicted molar refractivity (Wildman–Crippen MR) is 93.8 cm³/mol. The van der Waals surface area contributed by atoms with Crippen molar-refractivity contribution < 1.29 is 13.0 Å². The molecule has 5 nitrogen and oxygen atoms in total. The van der Waals surface area contributed by atoms with Gasteiger partial charge >= 0.3 is 10.1 Å². The average molecular weight is 344 g/mol. The number of rotatable bonds is 5. The van der Waals surface area contributed by atoms with Crippen LogP contribution in [0.2, 0.25) is 0 Å². The van der Waals surface area contributed by atoms with Crippen LogP contribution in [0.5, 0.6) is 0 Å². The van der Waals surface area contributed by atoms with Crippen LogP contribution in [0.15, 0.2) is 53.7 Å². The lowest BCUT2D eigenvalue weighted by Gasteiger charge is -2.11. The number of imidazole rings is 1. The topological polar surface area (TPSA) is 72.2 Å². The molecule has 1 heterocycles. The van der Waals surface area contributed by atoms with Gasteiger partial charge in [-0.25, -0.2) is 4.98 Å². The fraction of sp³-hybridized carbons (Fsp3) is 0.278. The number of hydrogen-bond acceptors (Lipinski definition) is 3. The lowest BCUT2D eigenvalue weighted by atomic mass is 9.98. The first-order valence-electron chi connectivity index (χ1n) is 7.91. The molecule has 0 saturated heterocycles. The van der Waals surface area contributed by atoms with Crippen LogP contribution in [0.25, 0.3) is 11.0 Å². The Hall–Kier alpha value is -2.18. The number of nitrogens with zero attached hydrogens (tertiary/aromatic N) is 2. The lowest BCUT2D eigenvalue weighted by Crippen LogP contribution is -2.10. The second-order valence-electron chi connectivity index (χ2n) is 6.00. The maximum atomic E-state index is 11.7. The molecule has 1 atom stereocenters. The molecular formula is C18H20N2O3S. The summed E-state index contributed by atoms with van der Waals surface area (Å²) in [6.45, 7) is 4.65. The molecule has 0 saturated carbocycles. The normalized spacial score (nSPS) is 13.3. The van der Waals surface area contributed by atoms with Gasteiger partial charge in [-0.1, -0.05) is 50.2 Å². The van der Waals surface area contributed by atoms with Gasteiger partial charge in [0.25, 0.3) is 5.16 Å². The van der Waals surface area contributed by atoms with Crippen LogP contribution in [0.4, 0.5) is 0 Å². The maximum absolute atomic E-state index is 11.7. The molecule has 0 aliphatic rings. The summed E-state index contributed by atoms with van der Waals surface area (Å²) in [4.78, 5) is 4.06. The minimum absolute atomic E-state index is 0.324. The van der Waals surface area contributed by atoms with E-state index in [1.807, 2.05) is 18.2 Å². The van der Waals surface area contributed by atoms with E-state index >= 15 is 0 Å². The van der Waals surface area contributed by atoms with E-state index in [9.17, 15) is 13.0 Å². The fourth-order valence-corrected chi connectivity index (χ4v) is 3.43. The molecule has 0 spiro atoms. The Morgan fingerprint density at radius 2 is 1.79 bits per heavy atom. The maximum Gasteiger partial charge on any atom is 0.328 e. The third-order valence-corrected chi connectivity index (χ3v) is 5.13. The summed E-state index contributed by atoms with van der Waals surface area (Å²) < 4.78 is 34.4. The largest absolute Gasteiger partial charge is 0.328 e. The number of para-hydroxylation sites is 2. The van der Waals surface area contributed by atoms with Crippen molar-refractivity contribution in [2.75, 3.05) is 0 Å². The molecule has 3 rings (SSSR count). The molecule has 1 aromatic heterocycles. The van der Waals surface area contributed by atoms with E-state index in [1.165, 1.54) is 10.1 Å². The molecule has 0 unspecified atom stereocenters. The quantitative estimate of drug-likeness (QED) is 0.714. The number of fused-ring (bicyclic) bond motifs is 1. The summed E-state index contributed by atoms with van der Waals surface area (Å²) in [5.74, 6) is 0.488. The summed E-state index contributed by atoms with van der Waals surface area (Å²) in [6, 6.07) is 15.2. The van der Waals surface area contributed by atoms with Crippen LogP contribution >= 0.6 is 0 Å². The fourth-order valence-electron chi connectivity index (χ4n) is 2.77. The Bertz CT molecular complexity index is 960. The zero-order chi connectivity index (χ0) is 17.3. The minimum atomic E-state index is -4.39. The summed E-state index contributed by atoms with van der Waals surface area (Å²) >= 11 is 0. The van der Waals surface area contributed by atoms with Gasteiger partial charge in [-0.3, -0.25) is 4.55 Å². The van der Waals surface area contributed by atoms with Crippen LogP contribution in [-0.4, -0.2) is 22.5 Å². The first-order valence-corrected chi connectivity index (χ1v) is 9.35. The zero-order valence-electron chi connectivity index (χ0n) is 13.7. The third-order valence-electron chi connectivity index (χ3n) is 4.35. The molecule has 3 aromatic rings. The smallest absolute Gasteiger partial charge is 0.308 e. The first kappa shape index (κ1) is 16.7. The predicted octanol–water partition coefficient (Wildman–Crippen LogP) is 3.84. The molecule has 0 amide bonds. The average Bonchev–Trinajstić information content (AvgIpc) is 2.94. The highest BCUT2D eigenvalue weighted by molar-refractivity contribution is 7.85. The van der Waals surface area contributed by atoms with Crippen molar-refractivity contribution in [1.29, 1.82) is 0 Å². The molecular weight excluding hydrogens is 324 g/mol. The Morgan fingerprint density at radius 1 is 1.12 bits per heavy atom. The molecule has 0 aliphatic heterocycles. The highest BCUT2D eigenvalue weighted by Crippen LogP contribution is 2.23. The van der Waals surface area contributed by atoms with Crippen LogP contribution in [0, 0.1) is 0 Å². The second kappa shape index (κ2) is 6.37. The number of aromatic nitrogens is 2. The van der Waals surface area contributed by atoms with Gasteiger partial charge < -0.3 is 4.57 Å². The minimum Gasteiger partial charge on any atom is -0.308 e. The summed E-state index contributed by atoms with van der Waals surface area (Å²) in [7, 11) is -4.39. The summed E-state index contributed by atoms with van der Waals surface area (Å²) in [5, 5.41) is -0.324. The van der Waals surface area contributed by atoms with Crippen LogP contribution in [-0.2, 0) is 16.7 Å².